The first-order valence-electron chi connectivity index (χ1n) is 9.26. The lowest BCUT2D eigenvalue weighted by atomic mass is 9.86. The fourth-order valence-corrected chi connectivity index (χ4v) is 3.39. The quantitative estimate of drug-likeness (QED) is 0.579. The molecule has 148 valence electrons. The monoisotopic (exact) mass is 392 g/mol. The molecule has 0 aliphatic rings. The number of aliphatic hydroxyl groups excluding tert-OH is 1. The average Bonchev–Trinajstić information content (AvgIpc) is 3.21. The molecule has 2 aromatic carbocycles. The van der Waals surface area contributed by atoms with Crippen molar-refractivity contribution in [3.63, 3.8) is 0 Å². The van der Waals surface area contributed by atoms with Crippen LogP contribution in [-0.2, 0) is 12.0 Å². The molecule has 0 bridgehead atoms. The van der Waals surface area contributed by atoms with E-state index in [2.05, 4.69) is 10.2 Å². The Morgan fingerprint density at radius 1 is 1.10 bits per heavy atom. The average molecular weight is 392 g/mol. The van der Waals surface area contributed by atoms with Crippen LogP contribution in [0.25, 0.3) is 22.1 Å². The SMILES string of the molecule is CC(C)(C)c1cc(F)c2c(=O)n(-c3cccc(-n4cccn4)c3CO)ncc2c1. The van der Waals surface area contributed by atoms with Crippen LogP contribution >= 0.6 is 0 Å². The zero-order valence-electron chi connectivity index (χ0n) is 16.4. The summed E-state index contributed by atoms with van der Waals surface area (Å²) in [4.78, 5) is 13.1. The molecule has 0 saturated carbocycles. The van der Waals surface area contributed by atoms with Gasteiger partial charge in [0.25, 0.3) is 5.56 Å². The second kappa shape index (κ2) is 6.93. The smallest absolute Gasteiger partial charge is 0.282 e. The van der Waals surface area contributed by atoms with Gasteiger partial charge in [-0.15, -0.1) is 0 Å². The van der Waals surface area contributed by atoms with Gasteiger partial charge in [0, 0.05) is 23.3 Å². The van der Waals surface area contributed by atoms with E-state index >= 15 is 0 Å². The first kappa shape index (κ1) is 19.0. The van der Waals surface area contributed by atoms with Gasteiger partial charge in [-0.1, -0.05) is 26.8 Å². The fourth-order valence-electron chi connectivity index (χ4n) is 3.39. The highest BCUT2D eigenvalue weighted by Gasteiger charge is 2.20. The normalized spacial score (nSPS) is 11.9. The number of hydrogen-bond acceptors (Lipinski definition) is 4. The minimum atomic E-state index is -0.581. The number of halogens is 1. The standard InChI is InChI=1S/C22H21FN4O2/c1-22(2,3)15-10-14-12-25-27(21(29)20(14)17(23)11-15)19-7-4-6-18(16(19)13-28)26-9-5-8-24-26/h4-12,28H,13H2,1-3H3. The summed E-state index contributed by atoms with van der Waals surface area (Å²) in [7, 11) is 0. The van der Waals surface area contributed by atoms with Crippen molar-refractivity contribution >= 4 is 10.8 Å². The van der Waals surface area contributed by atoms with Gasteiger partial charge in [-0.2, -0.15) is 14.9 Å². The Labute approximate surface area is 166 Å². The third kappa shape index (κ3) is 3.23. The second-order valence-corrected chi connectivity index (χ2v) is 7.92. The molecule has 1 N–H and O–H groups in total. The van der Waals surface area contributed by atoms with E-state index in [4.69, 9.17) is 0 Å². The number of benzene rings is 2. The maximum absolute atomic E-state index is 14.9. The Bertz CT molecular complexity index is 1250. The van der Waals surface area contributed by atoms with Gasteiger partial charge in [-0.3, -0.25) is 4.79 Å². The molecule has 7 heteroatoms. The van der Waals surface area contributed by atoms with Crippen molar-refractivity contribution in [2.24, 2.45) is 0 Å². The largest absolute Gasteiger partial charge is 0.392 e. The maximum Gasteiger partial charge on any atom is 0.282 e. The van der Waals surface area contributed by atoms with E-state index in [-0.39, 0.29) is 17.4 Å². The van der Waals surface area contributed by atoms with Crippen LogP contribution in [0.5, 0.6) is 0 Å². The molecule has 2 aromatic heterocycles. The van der Waals surface area contributed by atoms with E-state index in [1.807, 2.05) is 20.8 Å². The number of aromatic nitrogens is 4. The minimum absolute atomic E-state index is 0.0265. The van der Waals surface area contributed by atoms with Gasteiger partial charge in [-0.05, 0) is 41.3 Å². The maximum atomic E-state index is 14.9. The molecule has 0 unspecified atom stereocenters. The van der Waals surface area contributed by atoms with Crippen LogP contribution < -0.4 is 5.56 Å². The number of aliphatic hydroxyl groups is 1. The van der Waals surface area contributed by atoms with E-state index in [0.29, 0.717) is 22.3 Å². The van der Waals surface area contributed by atoms with Gasteiger partial charge in [0.1, 0.15) is 5.82 Å². The summed E-state index contributed by atoms with van der Waals surface area (Å²) < 4.78 is 17.6. The summed E-state index contributed by atoms with van der Waals surface area (Å²) >= 11 is 0. The predicted octanol–water partition coefficient (Wildman–Crippen LogP) is 3.50. The number of fused-ring (bicyclic) bond motifs is 1. The Morgan fingerprint density at radius 2 is 1.86 bits per heavy atom. The van der Waals surface area contributed by atoms with Crippen molar-refractivity contribution in [1.29, 1.82) is 0 Å². The summed E-state index contributed by atoms with van der Waals surface area (Å²) in [5.74, 6) is -0.581. The second-order valence-electron chi connectivity index (χ2n) is 7.92. The minimum Gasteiger partial charge on any atom is -0.392 e. The lowest BCUT2D eigenvalue weighted by Crippen LogP contribution is -2.24. The number of hydrogen-bond donors (Lipinski definition) is 1. The highest BCUT2D eigenvalue weighted by Crippen LogP contribution is 2.27. The van der Waals surface area contributed by atoms with Gasteiger partial charge in [0.05, 0.1) is 29.6 Å². The van der Waals surface area contributed by atoms with Crippen LogP contribution in [-0.4, -0.2) is 24.7 Å². The molecular formula is C22H21FN4O2. The first-order chi connectivity index (χ1) is 13.8. The molecule has 4 aromatic rings. The Morgan fingerprint density at radius 3 is 2.52 bits per heavy atom. The Kier molecular flexibility index (Phi) is 4.55. The number of nitrogens with zero attached hydrogens (tertiary/aromatic N) is 4. The van der Waals surface area contributed by atoms with Crippen molar-refractivity contribution in [3.05, 3.63) is 82.3 Å². The summed E-state index contributed by atoms with van der Waals surface area (Å²) in [5.41, 5.74) is 1.42. The van der Waals surface area contributed by atoms with Gasteiger partial charge in [-0.25, -0.2) is 9.07 Å². The van der Waals surface area contributed by atoms with Gasteiger partial charge in [0.15, 0.2) is 0 Å². The topological polar surface area (TPSA) is 72.9 Å². The molecule has 0 aliphatic carbocycles. The molecular weight excluding hydrogens is 371 g/mol. The number of rotatable bonds is 3. The van der Waals surface area contributed by atoms with Crippen molar-refractivity contribution in [2.45, 2.75) is 32.8 Å². The van der Waals surface area contributed by atoms with Gasteiger partial charge < -0.3 is 5.11 Å². The molecule has 29 heavy (non-hydrogen) atoms. The summed E-state index contributed by atoms with van der Waals surface area (Å²) in [6, 6.07) is 10.1. The molecule has 6 nitrogen and oxygen atoms in total. The Hall–Kier alpha value is -3.32. The lowest BCUT2D eigenvalue weighted by Gasteiger charge is -2.20. The van der Waals surface area contributed by atoms with Crippen molar-refractivity contribution in [1.82, 2.24) is 19.6 Å². The molecule has 0 atom stereocenters. The van der Waals surface area contributed by atoms with Crippen LogP contribution in [0.1, 0.15) is 31.9 Å². The molecule has 0 aliphatic heterocycles. The molecule has 0 saturated heterocycles. The summed E-state index contributed by atoms with van der Waals surface area (Å²) in [6.07, 6.45) is 4.84. The van der Waals surface area contributed by atoms with Crippen LogP contribution in [0.3, 0.4) is 0 Å². The first-order valence-corrected chi connectivity index (χ1v) is 9.26. The van der Waals surface area contributed by atoms with E-state index in [1.165, 1.54) is 12.3 Å². The van der Waals surface area contributed by atoms with Crippen LogP contribution in [0.15, 0.2) is 59.8 Å². The zero-order valence-corrected chi connectivity index (χ0v) is 16.4. The third-order valence-electron chi connectivity index (χ3n) is 4.97. The summed E-state index contributed by atoms with van der Waals surface area (Å²) in [5, 5.41) is 18.9. The molecule has 0 fully saturated rings. The van der Waals surface area contributed by atoms with E-state index in [0.717, 1.165) is 10.2 Å². The predicted molar refractivity (Wildman–Crippen MR) is 109 cm³/mol. The van der Waals surface area contributed by atoms with Crippen molar-refractivity contribution in [2.75, 3.05) is 0 Å². The molecule has 0 spiro atoms. The van der Waals surface area contributed by atoms with Crippen molar-refractivity contribution < 1.29 is 9.50 Å². The highest BCUT2D eigenvalue weighted by molar-refractivity contribution is 5.82. The van der Waals surface area contributed by atoms with E-state index in [1.54, 1.807) is 47.4 Å². The van der Waals surface area contributed by atoms with Crippen molar-refractivity contribution in [3.8, 4) is 11.4 Å². The van der Waals surface area contributed by atoms with E-state index in [9.17, 15) is 14.3 Å². The summed E-state index contributed by atoms with van der Waals surface area (Å²) in [6.45, 7) is 5.62. The highest BCUT2D eigenvalue weighted by atomic mass is 19.1. The van der Waals surface area contributed by atoms with Crippen LogP contribution in [0.2, 0.25) is 0 Å². The third-order valence-corrected chi connectivity index (χ3v) is 4.97. The van der Waals surface area contributed by atoms with Gasteiger partial charge >= 0.3 is 0 Å². The van der Waals surface area contributed by atoms with Gasteiger partial charge in [0.2, 0.25) is 0 Å². The fraction of sp³-hybridized carbons (Fsp3) is 0.227. The molecule has 0 amide bonds. The van der Waals surface area contributed by atoms with E-state index < -0.39 is 11.4 Å². The van der Waals surface area contributed by atoms with Crippen LogP contribution in [0, 0.1) is 5.82 Å². The van der Waals surface area contributed by atoms with Crippen LogP contribution in [0.4, 0.5) is 4.39 Å². The lowest BCUT2D eigenvalue weighted by molar-refractivity contribution is 0.280. The molecule has 2 heterocycles. The zero-order chi connectivity index (χ0) is 20.8. The molecule has 4 rings (SSSR count). The Balaban J connectivity index is 1.97. The molecule has 0 radical (unpaired) electrons.